The third kappa shape index (κ3) is 3.69. The first-order chi connectivity index (χ1) is 8.63. The maximum absolute atomic E-state index is 11.9. The van der Waals surface area contributed by atoms with Crippen molar-refractivity contribution < 1.29 is 24.1 Å². The summed E-state index contributed by atoms with van der Waals surface area (Å²) in [6, 6.07) is -0.249. The highest BCUT2D eigenvalue weighted by Crippen LogP contribution is 2.20. The van der Waals surface area contributed by atoms with Crippen LogP contribution in [0.1, 0.15) is 13.3 Å². The van der Waals surface area contributed by atoms with Gasteiger partial charge in [0.25, 0.3) is 0 Å². The van der Waals surface area contributed by atoms with Crippen molar-refractivity contribution in [3.8, 4) is 0 Å². The van der Waals surface area contributed by atoms with Crippen LogP contribution in [0.5, 0.6) is 0 Å². The summed E-state index contributed by atoms with van der Waals surface area (Å²) in [5.41, 5.74) is 0. The van der Waals surface area contributed by atoms with Crippen LogP contribution in [0.3, 0.4) is 0 Å². The average Bonchev–Trinajstić information content (AvgIpc) is 2.38. The highest BCUT2D eigenvalue weighted by molar-refractivity contribution is 5.68. The maximum atomic E-state index is 11.9. The van der Waals surface area contributed by atoms with Crippen LogP contribution in [0.4, 0.5) is 4.79 Å². The number of carbonyl (C=O) groups excluding carboxylic acids is 1. The molecule has 18 heavy (non-hydrogen) atoms. The van der Waals surface area contributed by atoms with Crippen molar-refractivity contribution in [1.29, 1.82) is 0 Å². The van der Waals surface area contributed by atoms with Gasteiger partial charge in [-0.25, -0.2) is 4.79 Å². The van der Waals surface area contributed by atoms with Crippen LogP contribution in [0.25, 0.3) is 0 Å². The number of hydrogen-bond acceptors (Lipinski definition) is 5. The summed E-state index contributed by atoms with van der Waals surface area (Å²) in [6.07, 6.45) is 0.330. The van der Waals surface area contributed by atoms with Crippen molar-refractivity contribution in [2.45, 2.75) is 31.8 Å². The van der Waals surface area contributed by atoms with Crippen molar-refractivity contribution in [2.24, 2.45) is 0 Å². The molecule has 1 N–H and O–H groups in total. The van der Waals surface area contributed by atoms with E-state index in [1.807, 2.05) is 6.92 Å². The minimum atomic E-state index is -0.839. The summed E-state index contributed by atoms with van der Waals surface area (Å²) in [4.78, 5) is 13.4. The summed E-state index contributed by atoms with van der Waals surface area (Å²) in [5.74, 6) is 0. The number of aliphatic hydroxyl groups is 1. The van der Waals surface area contributed by atoms with Gasteiger partial charge in [0, 0.05) is 20.1 Å². The standard InChI is InChI=1S/C12H21NO5/c1-4-6-17-12(15)13(5-2)9-8-18-11(14)7-10(9)16-3/h4,9-11,14H,1,5-8H2,2-3H3/t9-,10-,11?/m0/s1. The van der Waals surface area contributed by atoms with Gasteiger partial charge in [-0.1, -0.05) is 12.7 Å². The van der Waals surface area contributed by atoms with Gasteiger partial charge in [-0.2, -0.15) is 0 Å². The fourth-order valence-electron chi connectivity index (χ4n) is 2.00. The van der Waals surface area contributed by atoms with Gasteiger partial charge in [0.2, 0.25) is 0 Å². The molecule has 0 radical (unpaired) electrons. The number of rotatable bonds is 5. The molecular weight excluding hydrogens is 238 g/mol. The summed E-state index contributed by atoms with van der Waals surface area (Å²) < 4.78 is 15.5. The largest absolute Gasteiger partial charge is 0.445 e. The Kier molecular flexibility index (Phi) is 6.11. The molecule has 1 unspecified atom stereocenters. The lowest BCUT2D eigenvalue weighted by Crippen LogP contribution is -2.54. The summed E-state index contributed by atoms with van der Waals surface area (Å²) in [7, 11) is 1.55. The highest BCUT2D eigenvalue weighted by atomic mass is 16.6. The van der Waals surface area contributed by atoms with Gasteiger partial charge in [-0.3, -0.25) is 0 Å². The van der Waals surface area contributed by atoms with Gasteiger partial charge < -0.3 is 24.2 Å². The van der Waals surface area contributed by atoms with Crippen LogP contribution in [0.2, 0.25) is 0 Å². The smallest absolute Gasteiger partial charge is 0.410 e. The first kappa shape index (κ1) is 14.9. The topological polar surface area (TPSA) is 68.2 Å². The fourth-order valence-corrected chi connectivity index (χ4v) is 2.00. The summed E-state index contributed by atoms with van der Waals surface area (Å²) >= 11 is 0. The Labute approximate surface area is 107 Å². The third-order valence-electron chi connectivity index (χ3n) is 2.93. The van der Waals surface area contributed by atoms with Crippen molar-refractivity contribution >= 4 is 6.09 Å². The van der Waals surface area contributed by atoms with E-state index in [2.05, 4.69) is 6.58 Å². The Morgan fingerprint density at radius 3 is 2.94 bits per heavy atom. The average molecular weight is 259 g/mol. The van der Waals surface area contributed by atoms with E-state index >= 15 is 0 Å². The van der Waals surface area contributed by atoms with Gasteiger partial charge in [0.1, 0.15) is 6.61 Å². The van der Waals surface area contributed by atoms with Gasteiger partial charge in [0.15, 0.2) is 6.29 Å². The normalized spacial score (nSPS) is 27.6. The quantitative estimate of drug-likeness (QED) is 0.738. The molecule has 0 aromatic heterocycles. The Hall–Kier alpha value is -1.11. The van der Waals surface area contributed by atoms with E-state index in [9.17, 15) is 9.90 Å². The second-order valence-corrected chi connectivity index (χ2v) is 4.02. The van der Waals surface area contributed by atoms with E-state index in [1.165, 1.54) is 6.08 Å². The monoisotopic (exact) mass is 259 g/mol. The second kappa shape index (κ2) is 7.35. The number of likely N-dealkylation sites (N-methyl/N-ethyl adjacent to an activating group) is 1. The number of carbonyl (C=O) groups is 1. The maximum Gasteiger partial charge on any atom is 0.410 e. The molecule has 3 atom stereocenters. The zero-order valence-corrected chi connectivity index (χ0v) is 10.9. The second-order valence-electron chi connectivity index (χ2n) is 4.02. The van der Waals surface area contributed by atoms with Gasteiger partial charge in [0.05, 0.1) is 18.8 Å². The molecule has 1 fully saturated rings. The number of aliphatic hydroxyl groups excluding tert-OH is 1. The lowest BCUT2D eigenvalue weighted by Gasteiger charge is -2.39. The number of ether oxygens (including phenoxy) is 3. The van der Waals surface area contributed by atoms with E-state index in [0.29, 0.717) is 13.0 Å². The molecule has 0 aromatic rings. The first-order valence-electron chi connectivity index (χ1n) is 6.00. The lowest BCUT2D eigenvalue weighted by molar-refractivity contribution is -0.183. The van der Waals surface area contributed by atoms with Crippen LogP contribution in [-0.4, -0.2) is 61.4 Å². The minimum Gasteiger partial charge on any atom is -0.445 e. The molecule has 0 spiro atoms. The molecule has 1 heterocycles. The molecule has 1 aliphatic rings. The van der Waals surface area contributed by atoms with Crippen LogP contribution in [-0.2, 0) is 14.2 Å². The number of nitrogens with zero attached hydrogens (tertiary/aromatic N) is 1. The minimum absolute atomic E-state index is 0.170. The van der Waals surface area contributed by atoms with E-state index < -0.39 is 12.4 Å². The van der Waals surface area contributed by atoms with E-state index in [1.54, 1.807) is 12.0 Å². The molecule has 1 aliphatic heterocycles. The van der Waals surface area contributed by atoms with Gasteiger partial charge in [-0.05, 0) is 6.92 Å². The Morgan fingerprint density at radius 2 is 2.39 bits per heavy atom. The third-order valence-corrected chi connectivity index (χ3v) is 2.93. The molecule has 6 nitrogen and oxygen atoms in total. The molecule has 1 saturated heterocycles. The summed E-state index contributed by atoms with van der Waals surface area (Å²) in [5, 5.41) is 9.41. The fraction of sp³-hybridized carbons (Fsp3) is 0.750. The van der Waals surface area contributed by atoms with E-state index in [0.717, 1.165) is 0 Å². The van der Waals surface area contributed by atoms with Crippen molar-refractivity contribution in [1.82, 2.24) is 4.90 Å². The highest BCUT2D eigenvalue weighted by Gasteiger charge is 2.36. The Morgan fingerprint density at radius 1 is 1.67 bits per heavy atom. The molecule has 6 heteroatoms. The Balaban J connectivity index is 2.67. The van der Waals surface area contributed by atoms with Crippen LogP contribution in [0.15, 0.2) is 12.7 Å². The number of amides is 1. The van der Waals surface area contributed by atoms with E-state index in [4.69, 9.17) is 14.2 Å². The predicted octanol–water partition coefficient (Wildman–Crippen LogP) is 0.753. The first-order valence-corrected chi connectivity index (χ1v) is 6.00. The molecule has 1 rings (SSSR count). The molecule has 0 aromatic carbocycles. The number of hydrogen-bond donors (Lipinski definition) is 1. The lowest BCUT2D eigenvalue weighted by atomic mass is 10.0. The molecule has 0 bridgehead atoms. The molecular formula is C12H21NO5. The van der Waals surface area contributed by atoms with Gasteiger partial charge in [-0.15, -0.1) is 0 Å². The van der Waals surface area contributed by atoms with Crippen molar-refractivity contribution in [3.63, 3.8) is 0 Å². The summed E-state index contributed by atoms with van der Waals surface area (Å²) in [6.45, 7) is 6.24. The predicted molar refractivity (Wildman–Crippen MR) is 65.1 cm³/mol. The molecule has 1 amide bonds. The molecule has 0 saturated carbocycles. The van der Waals surface area contributed by atoms with Crippen LogP contribution >= 0.6 is 0 Å². The number of methoxy groups -OCH3 is 1. The SMILES string of the molecule is C=CCOC(=O)N(CC)[C@H]1COC(O)C[C@@H]1OC. The van der Waals surface area contributed by atoms with Crippen molar-refractivity contribution in [2.75, 3.05) is 26.9 Å². The molecule has 0 aliphatic carbocycles. The van der Waals surface area contributed by atoms with Crippen LogP contribution < -0.4 is 0 Å². The van der Waals surface area contributed by atoms with Gasteiger partial charge >= 0.3 is 6.09 Å². The van der Waals surface area contributed by atoms with Crippen molar-refractivity contribution in [3.05, 3.63) is 12.7 Å². The zero-order chi connectivity index (χ0) is 13.5. The van der Waals surface area contributed by atoms with Crippen LogP contribution in [0, 0.1) is 0 Å². The molecule has 104 valence electrons. The van der Waals surface area contributed by atoms with E-state index in [-0.39, 0.29) is 25.4 Å². The zero-order valence-electron chi connectivity index (χ0n) is 10.9. The Bertz CT molecular complexity index is 284.